The van der Waals surface area contributed by atoms with Crippen LogP contribution in [0.2, 0.25) is 0 Å². The molecule has 0 aliphatic heterocycles. The Morgan fingerprint density at radius 3 is 2.62 bits per heavy atom. The molecule has 3 rings (SSSR count). The first-order valence-corrected chi connectivity index (χ1v) is 13.0. The molecule has 6 nitrogen and oxygen atoms in total. The molecule has 2 heterocycles. The van der Waals surface area contributed by atoms with Gasteiger partial charge in [-0.15, -0.1) is 11.3 Å². The van der Waals surface area contributed by atoms with Crippen molar-refractivity contribution in [3.8, 4) is 27.7 Å². The molecule has 0 saturated heterocycles. The standard InChI is InChI=1S/C27H37N3O3S/c1-6-8-9-20(7-2)17-28-26(31)23-16-25(30(19(23)3)14-15-32-4)24-18-34-27(29-24)21-10-12-22(33-5)13-11-21/h10-13,16,18,20H,6-9,14-15,17H2,1-5H3,(H,28,31). The van der Waals surface area contributed by atoms with Crippen LogP contribution in [-0.4, -0.2) is 42.8 Å². The fourth-order valence-corrected chi connectivity index (χ4v) is 4.91. The molecule has 7 heteroatoms. The number of methoxy groups -OCH3 is 2. The van der Waals surface area contributed by atoms with E-state index in [1.807, 2.05) is 37.3 Å². The number of hydrogen-bond acceptors (Lipinski definition) is 5. The molecule has 34 heavy (non-hydrogen) atoms. The number of unbranched alkanes of at least 4 members (excludes halogenated alkanes) is 1. The summed E-state index contributed by atoms with van der Waals surface area (Å²) in [6.45, 7) is 8.34. The molecule has 1 N–H and O–H groups in total. The van der Waals surface area contributed by atoms with E-state index >= 15 is 0 Å². The Morgan fingerprint density at radius 2 is 1.97 bits per heavy atom. The number of rotatable bonds is 13. The van der Waals surface area contributed by atoms with Crippen molar-refractivity contribution in [2.75, 3.05) is 27.4 Å². The summed E-state index contributed by atoms with van der Waals surface area (Å²) in [5, 5.41) is 6.16. The topological polar surface area (TPSA) is 65.4 Å². The second kappa shape index (κ2) is 12.7. The number of aromatic nitrogens is 2. The van der Waals surface area contributed by atoms with E-state index in [0.29, 0.717) is 31.2 Å². The van der Waals surface area contributed by atoms with Crippen LogP contribution in [0.4, 0.5) is 0 Å². The maximum atomic E-state index is 13.1. The number of amides is 1. The third-order valence-electron chi connectivity index (χ3n) is 6.33. The molecular formula is C27H37N3O3S. The van der Waals surface area contributed by atoms with E-state index in [1.165, 1.54) is 12.8 Å². The van der Waals surface area contributed by atoms with Gasteiger partial charge >= 0.3 is 0 Å². The summed E-state index contributed by atoms with van der Waals surface area (Å²) >= 11 is 1.59. The fourth-order valence-electron chi connectivity index (χ4n) is 4.09. The van der Waals surface area contributed by atoms with E-state index < -0.39 is 0 Å². The van der Waals surface area contributed by atoms with E-state index in [4.69, 9.17) is 14.5 Å². The zero-order valence-corrected chi connectivity index (χ0v) is 21.8. The number of nitrogens with zero attached hydrogens (tertiary/aromatic N) is 2. The van der Waals surface area contributed by atoms with Gasteiger partial charge in [-0.2, -0.15) is 0 Å². The number of carbonyl (C=O) groups excluding carboxylic acids is 1. The van der Waals surface area contributed by atoms with Gasteiger partial charge in [0.15, 0.2) is 0 Å². The van der Waals surface area contributed by atoms with Gasteiger partial charge in [0.25, 0.3) is 5.91 Å². The van der Waals surface area contributed by atoms with Crippen molar-refractivity contribution in [2.24, 2.45) is 5.92 Å². The van der Waals surface area contributed by atoms with Gasteiger partial charge in [0.1, 0.15) is 10.8 Å². The molecule has 0 aliphatic rings. The Labute approximate surface area is 207 Å². The van der Waals surface area contributed by atoms with Crippen LogP contribution in [0.25, 0.3) is 22.0 Å². The van der Waals surface area contributed by atoms with Crippen LogP contribution < -0.4 is 10.1 Å². The number of nitrogens with one attached hydrogen (secondary N) is 1. The Balaban J connectivity index is 1.85. The highest BCUT2D eigenvalue weighted by molar-refractivity contribution is 7.13. The monoisotopic (exact) mass is 483 g/mol. The van der Waals surface area contributed by atoms with Crippen LogP contribution in [-0.2, 0) is 11.3 Å². The van der Waals surface area contributed by atoms with Gasteiger partial charge in [0.05, 0.1) is 30.7 Å². The van der Waals surface area contributed by atoms with Crippen LogP contribution in [0, 0.1) is 12.8 Å². The lowest BCUT2D eigenvalue weighted by atomic mass is 9.99. The van der Waals surface area contributed by atoms with Crippen molar-refractivity contribution < 1.29 is 14.3 Å². The molecule has 0 bridgehead atoms. The molecule has 0 spiro atoms. The molecule has 0 aliphatic carbocycles. The summed E-state index contributed by atoms with van der Waals surface area (Å²) in [4.78, 5) is 18.0. The zero-order chi connectivity index (χ0) is 24.5. The molecule has 1 unspecified atom stereocenters. The second-order valence-electron chi connectivity index (χ2n) is 8.57. The SMILES string of the molecule is CCCCC(CC)CNC(=O)c1cc(-c2csc(-c3ccc(OC)cc3)n2)n(CCOC)c1C. The lowest BCUT2D eigenvalue weighted by molar-refractivity contribution is 0.0945. The van der Waals surface area contributed by atoms with Crippen LogP contribution in [0.15, 0.2) is 35.7 Å². The van der Waals surface area contributed by atoms with E-state index in [0.717, 1.165) is 46.2 Å². The fraction of sp³-hybridized carbons (Fsp3) is 0.481. The first-order valence-electron chi connectivity index (χ1n) is 12.1. The molecule has 1 aromatic carbocycles. The van der Waals surface area contributed by atoms with Gasteiger partial charge in [0.2, 0.25) is 0 Å². The van der Waals surface area contributed by atoms with Gasteiger partial charge in [-0.3, -0.25) is 4.79 Å². The predicted molar refractivity (Wildman–Crippen MR) is 140 cm³/mol. The highest BCUT2D eigenvalue weighted by Crippen LogP contribution is 2.32. The Bertz CT molecular complexity index is 1060. The lowest BCUT2D eigenvalue weighted by Crippen LogP contribution is -2.29. The largest absolute Gasteiger partial charge is 0.497 e. The normalized spacial score (nSPS) is 12.0. The predicted octanol–water partition coefficient (Wildman–Crippen LogP) is 6.19. The summed E-state index contributed by atoms with van der Waals surface area (Å²) in [5.74, 6) is 1.32. The summed E-state index contributed by atoms with van der Waals surface area (Å²) in [6.07, 6.45) is 4.61. The number of hydrogen-bond donors (Lipinski definition) is 1. The summed E-state index contributed by atoms with van der Waals surface area (Å²) in [6, 6.07) is 9.87. The number of benzene rings is 1. The summed E-state index contributed by atoms with van der Waals surface area (Å²) < 4.78 is 12.7. The Hall–Kier alpha value is -2.64. The first-order chi connectivity index (χ1) is 16.5. The van der Waals surface area contributed by atoms with Crippen molar-refractivity contribution >= 4 is 17.2 Å². The van der Waals surface area contributed by atoms with E-state index in [1.54, 1.807) is 25.6 Å². The molecule has 1 amide bonds. The van der Waals surface area contributed by atoms with Gasteiger partial charge in [-0.05, 0) is 49.6 Å². The molecule has 0 saturated carbocycles. The highest BCUT2D eigenvalue weighted by atomic mass is 32.1. The third-order valence-corrected chi connectivity index (χ3v) is 7.22. The van der Waals surface area contributed by atoms with Crippen molar-refractivity contribution in [1.29, 1.82) is 0 Å². The molecule has 2 aromatic heterocycles. The smallest absolute Gasteiger partial charge is 0.253 e. The molecule has 1 atom stereocenters. The Morgan fingerprint density at radius 1 is 1.21 bits per heavy atom. The number of carbonyl (C=O) groups is 1. The molecular weight excluding hydrogens is 446 g/mol. The third kappa shape index (κ3) is 6.27. The van der Waals surface area contributed by atoms with Gasteiger partial charge in [-0.25, -0.2) is 4.98 Å². The molecule has 0 fully saturated rings. The average Bonchev–Trinajstić information content (AvgIpc) is 3.47. The highest BCUT2D eigenvalue weighted by Gasteiger charge is 2.21. The maximum absolute atomic E-state index is 13.1. The minimum absolute atomic E-state index is 0.0181. The van der Waals surface area contributed by atoms with Crippen molar-refractivity contribution in [3.05, 3.63) is 47.0 Å². The van der Waals surface area contributed by atoms with Crippen LogP contribution in [0.5, 0.6) is 5.75 Å². The van der Waals surface area contributed by atoms with Gasteiger partial charge in [-0.1, -0.05) is 33.1 Å². The Kier molecular flexibility index (Phi) is 9.72. The van der Waals surface area contributed by atoms with Crippen LogP contribution >= 0.6 is 11.3 Å². The molecule has 3 aromatic rings. The van der Waals surface area contributed by atoms with E-state index in [-0.39, 0.29) is 5.91 Å². The summed E-state index contributed by atoms with van der Waals surface area (Å²) in [7, 11) is 3.35. The zero-order valence-electron chi connectivity index (χ0n) is 21.0. The number of ether oxygens (including phenoxy) is 2. The van der Waals surface area contributed by atoms with Gasteiger partial charge < -0.3 is 19.4 Å². The van der Waals surface area contributed by atoms with Gasteiger partial charge in [0, 0.05) is 36.8 Å². The van der Waals surface area contributed by atoms with Crippen molar-refractivity contribution in [1.82, 2.24) is 14.9 Å². The lowest BCUT2D eigenvalue weighted by Gasteiger charge is -2.15. The van der Waals surface area contributed by atoms with Crippen LogP contribution in [0.3, 0.4) is 0 Å². The van der Waals surface area contributed by atoms with Crippen molar-refractivity contribution in [3.63, 3.8) is 0 Å². The quantitative estimate of drug-likeness (QED) is 0.315. The molecule has 184 valence electrons. The minimum atomic E-state index is -0.0181. The molecule has 0 radical (unpaired) electrons. The minimum Gasteiger partial charge on any atom is -0.497 e. The van der Waals surface area contributed by atoms with Crippen molar-refractivity contribution in [2.45, 2.75) is 53.0 Å². The second-order valence-corrected chi connectivity index (χ2v) is 9.42. The summed E-state index contributed by atoms with van der Waals surface area (Å²) in [5.41, 5.74) is 4.48. The number of thiazole rings is 1. The van der Waals surface area contributed by atoms with E-state index in [9.17, 15) is 4.79 Å². The maximum Gasteiger partial charge on any atom is 0.253 e. The average molecular weight is 484 g/mol. The van der Waals surface area contributed by atoms with Crippen LogP contribution in [0.1, 0.15) is 55.6 Å². The first kappa shape index (κ1) is 26.0. The van der Waals surface area contributed by atoms with E-state index in [2.05, 4.69) is 29.1 Å².